The third-order valence-electron chi connectivity index (χ3n) is 5.47. The van der Waals surface area contributed by atoms with Gasteiger partial charge in [-0.05, 0) is 25.0 Å². The predicted molar refractivity (Wildman–Crippen MR) is 106 cm³/mol. The van der Waals surface area contributed by atoms with Crippen molar-refractivity contribution in [1.29, 1.82) is 0 Å². The van der Waals surface area contributed by atoms with Crippen LogP contribution in [0, 0.1) is 0 Å². The number of amides is 1. The Morgan fingerprint density at radius 2 is 2.11 bits per heavy atom. The van der Waals surface area contributed by atoms with E-state index in [9.17, 15) is 4.79 Å². The lowest BCUT2D eigenvalue weighted by Crippen LogP contribution is -2.51. The zero-order valence-corrected chi connectivity index (χ0v) is 16.1. The Kier molecular flexibility index (Phi) is 3.91. The topological polar surface area (TPSA) is 74.5 Å². The van der Waals surface area contributed by atoms with Crippen LogP contribution in [0.5, 0.6) is 0 Å². The summed E-state index contributed by atoms with van der Waals surface area (Å²) in [5, 5.41) is 6.43. The molecule has 7 nitrogen and oxygen atoms in total. The highest BCUT2D eigenvalue weighted by molar-refractivity contribution is 7.13. The van der Waals surface area contributed by atoms with Crippen LogP contribution in [-0.4, -0.2) is 48.1 Å². The molecule has 2 bridgehead atoms. The van der Waals surface area contributed by atoms with Crippen molar-refractivity contribution in [2.45, 2.75) is 31.8 Å². The van der Waals surface area contributed by atoms with E-state index in [4.69, 9.17) is 9.40 Å². The SMILES string of the molecule is CC(=O)N(C)c1cc(-c2nccs2)c2oc(N3CC4CCC(C3)N4)nc2c1. The van der Waals surface area contributed by atoms with Crippen LogP contribution in [-0.2, 0) is 4.79 Å². The van der Waals surface area contributed by atoms with E-state index in [2.05, 4.69) is 15.2 Å². The van der Waals surface area contributed by atoms with Gasteiger partial charge in [-0.15, -0.1) is 11.3 Å². The number of hydrogen-bond acceptors (Lipinski definition) is 7. The molecule has 2 unspecified atom stereocenters. The van der Waals surface area contributed by atoms with E-state index < -0.39 is 0 Å². The van der Waals surface area contributed by atoms with Gasteiger partial charge in [0, 0.05) is 56.4 Å². The fourth-order valence-electron chi connectivity index (χ4n) is 3.99. The van der Waals surface area contributed by atoms with Gasteiger partial charge in [-0.3, -0.25) is 4.79 Å². The molecule has 2 saturated heterocycles. The van der Waals surface area contributed by atoms with Gasteiger partial charge >= 0.3 is 0 Å². The lowest BCUT2D eigenvalue weighted by molar-refractivity contribution is -0.116. The first kappa shape index (κ1) is 16.7. The Morgan fingerprint density at radius 1 is 1.33 bits per heavy atom. The molecule has 1 N–H and O–H groups in total. The van der Waals surface area contributed by atoms with E-state index in [0.717, 1.165) is 40.4 Å². The Balaban J connectivity index is 1.62. The van der Waals surface area contributed by atoms with Crippen molar-refractivity contribution in [2.75, 3.05) is 29.9 Å². The number of thiazole rings is 1. The molecule has 27 heavy (non-hydrogen) atoms. The minimum atomic E-state index is -0.0261. The minimum Gasteiger partial charge on any atom is -0.423 e. The number of piperazine rings is 1. The standard InChI is InChI=1S/C19H21N5O2S/c1-11(25)23(2)14-7-15(18-20-5-6-27-18)17-16(8-14)22-19(26-17)24-9-12-3-4-13(10-24)21-12/h5-8,12-13,21H,3-4,9-10H2,1-2H3. The summed E-state index contributed by atoms with van der Waals surface area (Å²) in [4.78, 5) is 24.9. The van der Waals surface area contributed by atoms with Crippen LogP contribution in [0.15, 0.2) is 28.1 Å². The third-order valence-corrected chi connectivity index (χ3v) is 6.28. The number of fused-ring (bicyclic) bond motifs is 3. The first-order valence-electron chi connectivity index (χ1n) is 9.18. The van der Waals surface area contributed by atoms with Gasteiger partial charge in [0.05, 0.1) is 5.56 Å². The lowest BCUT2D eigenvalue weighted by atomic mass is 10.1. The smallest absolute Gasteiger partial charge is 0.298 e. The molecule has 2 aliphatic rings. The summed E-state index contributed by atoms with van der Waals surface area (Å²) in [6, 6.07) is 5.55. The van der Waals surface area contributed by atoms with Crippen LogP contribution in [0.2, 0.25) is 0 Å². The van der Waals surface area contributed by atoms with Crippen molar-refractivity contribution < 1.29 is 9.21 Å². The Labute approximate surface area is 161 Å². The van der Waals surface area contributed by atoms with Gasteiger partial charge in [-0.1, -0.05) is 0 Å². The highest BCUT2D eigenvalue weighted by Crippen LogP contribution is 2.37. The summed E-state index contributed by atoms with van der Waals surface area (Å²) in [5.74, 6) is -0.0261. The Hall–Kier alpha value is -2.45. The van der Waals surface area contributed by atoms with E-state index in [0.29, 0.717) is 18.1 Å². The number of anilines is 2. The number of benzene rings is 1. The molecular formula is C19H21N5O2S. The molecule has 5 rings (SSSR count). The molecule has 8 heteroatoms. The van der Waals surface area contributed by atoms with Crippen molar-refractivity contribution in [2.24, 2.45) is 0 Å². The number of aromatic nitrogens is 2. The largest absolute Gasteiger partial charge is 0.423 e. The summed E-state index contributed by atoms with van der Waals surface area (Å²) >= 11 is 1.55. The van der Waals surface area contributed by atoms with Gasteiger partial charge in [-0.25, -0.2) is 4.98 Å². The van der Waals surface area contributed by atoms with Crippen molar-refractivity contribution in [3.8, 4) is 10.6 Å². The average molecular weight is 383 g/mol. The van der Waals surface area contributed by atoms with Crippen molar-refractivity contribution in [3.05, 3.63) is 23.7 Å². The fraction of sp³-hybridized carbons (Fsp3) is 0.421. The second-order valence-corrected chi connectivity index (χ2v) is 8.19. The van der Waals surface area contributed by atoms with Crippen molar-refractivity contribution >= 4 is 40.0 Å². The number of oxazole rings is 1. The van der Waals surface area contributed by atoms with Crippen LogP contribution < -0.4 is 15.1 Å². The van der Waals surface area contributed by atoms with E-state index >= 15 is 0 Å². The molecule has 0 radical (unpaired) electrons. The van der Waals surface area contributed by atoms with Crippen LogP contribution in [0.3, 0.4) is 0 Å². The highest BCUT2D eigenvalue weighted by atomic mass is 32.1. The third kappa shape index (κ3) is 2.89. The van der Waals surface area contributed by atoms with Crippen LogP contribution >= 0.6 is 11.3 Å². The molecule has 2 aliphatic heterocycles. The van der Waals surface area contributed by atoms with Gasteiger partial charge in [0.1, 0.15) is 10.5 Å². The minimum absolute atomic E-state index is 0.0261. The lowest BCUT2D eigenvalue weighted by Gasteiger charge is -2.31. The highest BCUT2D eigenvalue weighted by Gasteiger charge is 2.34. The normalized spacial score (nSPS) is 21.8. The number of nitrogens with one attached hydrogen (secondary N) is 1. The van der Waals surface area contributed by atoms with E-state index in [1.807, 2.05) is 17.5 Å². The van der Waals surface area contributed by atoms with E-state index in [1.165, 1.54) is 12.8 Å². The summed E-state index contributed by atoms with van der Waals surface area (Å²) in [6.45, 7) is 3.38. The number of hydrogen-bond donors (Lipinski definition) is 1. The van der Waals surface area contributed by atoms with Crippen LogP contribution in [0.25, 0.3) is 21.7 Å². The maximum absolute atomic E-state index is 11.9. The molecule has 2 atom stereocenters. The second-order valence-electron chi connectivity index (χ2n) is 7.30. The monoisotopic (exact) mass is 383 g/mol. The molecule has 0 saturated carbocycles. The van der Waals surface area contributed by atoms with E-state index in [1.54, 1.807) is 36.4 Å². The zero-order valence-electron chi connectivity index (χ0n) is 15.3. The van der Waals surface area contributed by atoms with Gasteiger partial charge in [0.25, 0.3) is 6.01 Å². The maximum Gasteiger partial charge on any atom is 0.298 e. The zero-order chi connectivity index (χ0) is 18.5. The van der Waals surface area contributed by atoms with Crippen molar-refractivity contribution in [3.63, 3.8) is 0 Å². The molecule has 0 spiro atoms. The Morgan fingerprint density at radius 3 is 2.78 bits per heavy atom. The molecule has 2 fully saturated rings. The summed E-state index contributed by atoms with van der Waals surface area (Å²) in [6.07, 6.45) is 4.19. The first-order chi connectivity index (χ1) is 13.1. The maximum atomic E-state index is 11.9. The molecule has 3 aromatic rings. The second kappa shape index (κ2) is 6.31. The first-order valence-corrected chi connectivity index (χ1v) is 10.1. The summed E-state index contributed by atoms with van der Waals surface area (Å²) < 4.78 is 6.23. The summed E-state index contributed by atoms with van der Waals surface area (Å²) in [7, 11) is 1.77. The number of carbonyl (C=O) groups is 1. The van der Waals surface area contributed by atoms with Gasteiger partial charge in [-0.2, -0.15) is 4.98 Å². The van der Waals surface area contributed by atoms with Gasteiger partial charge in [0.2, 0.25) is 5.91 Å². The quantitative estimate of drug-likeness (QED) is 0.750. The van der Waals surface area contributed by atoms with Gasteiger partial charge < -0.3 is 19.5 Å². The summed E-state index contributed by atoms with van der Waals surface area (Å²) in [5.41, 5.74) is 3.15. The van der Waals surface area contributed by atoms with Crippen molar-refractivity contribution in [1.82, 2.24) is 15.3 Å². The van der Waals surface area contributed by atoms with Crippen LogP contribution in [0.4, 0.5) is 11.7 Å². The molecular weight excluding hydrogens is 362 g/mol. The Bertz CT molecular complexity index is 987. The number of rotatable bonds is 3. The average Bonchev–Trinajstić information content (AvgIpc) is 3.39. The van der Waals surface area contributed by atoms with Gasteiger partial charge in [0.15, 0.2) is 5.58 Å². The molecule has 4 heterocycles. The number of nitrogens with zero attached hydrogens (tertiary/aromatic N) is 4. The molecule has 1 amide bonds. The predicted octanol–water partition coefficient (Wildman–Crippen LogP) is 2.87. The molecule has 1 aromatic carbocycles. The van der Waals surface area contributed by atoms with E-state index in [-0.39, 0.29) is 5.91 Å². The molecule has 140 valence electrons. The fourth-order valence-corrected chi connectivity index (χ4v) is 4.64. The molecule has 2 aromatic heterocycles. The number of carbonyl (C=O) groups excluding carboxylic acids is 1. The molecule has 0 aliphatic carbocycles. The van der Waals surface area contributed by atoms with Crippen LogP contribution in [0.1, 0.15) is 19.8 Å².